The van der Waals surface area contributed by atoms with Crippen LogP contribution in [0, 0.1) is 29.6 Å². The number of piperidine rings is 1. The number of H-pyrrole nitrogens is 1. The molecule has 2 aromatic carbocycles. The number of amides is 1. The van der Waals surface area contributed by atoms with Gasteiger partial charge in [-0.15, -0.1) is 0 Å². The number of aliphatic carboxylic acids is 1. The van der Waals surface area contributed by atoms with Crippen LogP contribution in [-0.2, 0) is 16.1 Å². The SMILES string of the molecule is COC[C@H](NC(=O)c1ccc([C@@H]2CC3(CCN2Cc2c(OC)cc(C)c4[nH]ccc24)CC(C#N)C3)cc1)C(=O)O. The third kappa shape index (κ3) is 5.29. The zero-order valence-electron chi connectivity index (χ0n) is 23.2. The number of carbonyl (C=O) groups is 2. The molecule has 3 aromatic rings. The number of carbonyl (C=O) groups excluding carboxylic acids is 1. The van der Waals surface area contributed by atoms with Crippen molar-refractivity contribution in [3.05, 3.63) is 64.8 Å². The lowest BCUT2D eigenvalue weighted by atomic mass is 9.56. The van der Waals surface area contributed by atoms with Gasteiger partial charge in [-0.2, -0.15) is 5.26 Å². The molecule has 1 saturated heterocycles. The molecule has 2 heterocycles. The summed E-state index contributed by atoms with van der Waals surface area (Å²) in [5.41, 5.74) is 5.04. The van der Waals surface area contributed by atoms with Crippen LogP contribution in [0.2, 0.25) is 0 Å². The maximum atomic E-state index is 12.8. The summed E-state index contributed by atoms with van der Waals surface area (Å²) in [6, 6.07) is 13.1. The summed E-state index contributed by atoms with van der Waals surface area (Å²) in [6.45, 7) is 3.57. The number of fused-ring (bicyclic) bond motifs is 1. The van der Waals surface area contributed by atoms with E-state index in [9.17, 15) is 20.0 Å². The first kappa shape index (κ1) is 27.7. The van der Waals surface area contributed by atoms with Crippen molar-refractivity contribution in [2.75, 3.05) is 27.4 Å². The average Bonchev–Trinajstić information content (AvgIpc) is 3.44. The smallest absolute Gasteiger partial charge is 0.328 e. The summed E-state index contributed by atoms with van der Waals surface area (Å²) in [4.78, 5) is 30.0. The molecule has 3 N–H and O–H groups in total. The Balaban J connectivity index is 1.42. The van der Waals surface area contributed by atoms with Gasteiger partial charge < -0.3 is 24.9 Å². The third-order valence-electron chi connectivity index (χ3n) is 8.72. The number of aromatic amines is 1. The van der Waals surface area contributed by atoms with Crippen molar-refractivity contribution >= 4 is 22.8 Å². The number of hydrogen-bond donors (Lipinski definition) is 3. The average molecular weight is 545 g/mol. The number of aromatic nitrogens is 1. The molecule has 210 valence electrons. The molecule has 0 bridgehead atoms. The van der Waals surface area contributed by atoms with Crippen LogP contribution in [0.1, 0.15) is 58.8 Å². The highest BCUT2D eigenvalue weighted by Crippen LogP contribution is 2.56. The van der Waals surface area contributed by atoms with E-state index in [0.717, 1.165) is 65.6 Å². The summed E-state index contributed by atoms with van der Waals surface area (Å²) in [5, 5.41) is 22.5. The van der Waals surface area contributed by atoms with Gasteiger partial charge in [0.05, 0.1) is 19.8 Å². The number of ether oxygens (including phenoxy) is 2. The Bertz CT molecular complexity index is 1430. The predicted molar refractivity (Wildman–Crippen MR) is 150 cm³/mol. The lowest BCUT2D eigenvalue weighted by Crippen LogP contribution is -2.48. The van der Waals surface area contributed by atoms with Crippen LogP contribution in [0.25, 0.3) is 10.9 Å². The predicted octanol–water partition coefficient (Wildman–Crippen LogP) is 4.57. The molecule has 2 atom stereocenters. The minimum absolute atomic E-state index is 0.103. The van der Waals surface area contributed by atoms with Gasteiger partial charge in [0, 0.05) is 53.8 Å². The molecule has 1 amide bonds. The second-order valence-electron chi connectivity index (χ2n) is 11.3. The number of carboxylic acid groups (broad SMARTS) is 1. The molecule has 1 aromatic heterocycles. The molecule has 2 fully saturated rings. The number of carboxylic acids is 1. The van der Waals surface area contributed by atoms with E-state index in [1.807, 2.05) is 18.3 Å². The molecular formula is C31H36N4O5. The highest BCUT2D eigenvalue weighted by molar-refractivity contribution is 5.96. The van der Waals surface area contributed by atoms with Gasteiger partial charge in [0.25, 0.3) is 5.91 Å². The Morgan fingerprint density at radius 3 is 2.62 bits per heavy atom. The monoisotopic (exact) mass is 544 g/mol. The summed E-state index contributed by atoms with van der Waals surface area (Å²) < 4.78 is 10.7. The first-order valence-corrected chi connectivity index (χ1v) is 13.7. The zero-order valence-corrected chi connectivity index (χ0v) is 23.2. The van der Waals surface area contributed by atoms with E-state index in [1.54, 1.807) is 19.2 Å². The Hall–Kier alpha value is -3.87. The molecule has 0 radical (unpaired) electrons. The van der Waals surface area contributed by atoms with E-state index in [4.69, 9.17) is 9.47 Å². The Morgan fingerprint density at radius 2 is 1.98 bits per heavy atom. The maximum Gasteiger partial charge on any atom is 0.328 e. The molecular weight excluding hydrogens is 508 g/mol. The lowest BCUT2D eigenvalue weighted by Gasteiger charge is -2.53. The van der Waals surface area contributed by atoms with Crippen LogP contribution < -0.4 is 10.1 Å². The van der Waals surface area contributed by atoms with Gasteiger partial charge in [0.15, 0.2) is 6.04 Å². The zero-order chi connectivity index (χ0) is 28.4. The number of likely N-dealkylation sites (tertiary alicyclic amines) is 1. The molecule has 1 aliphatic carbocycles. The summed E-state index contributed by atoms with van der Waals surface area (Å²) >= 11 is 0. The van der Waals surface area contributed by atoms with Crippen molar-refractivity contribution < 1.29 is 24.2 Å². The molecule has 9 nitrogen and oxygen atoms in total. The number of benzene rings is 2. The van der Waals surface area contributed by atoms with Crippen LogP contribution in [0.4, 0.5) is 0 Å². The minimum atomic E-state index is -1.14. The molecule has 5 rings (SSSR count). The van der Waals surface area contributed by atoms with Gasteiger partial charge in [-0.1, -0.05) is 12.1 Å². The van der Waals surface area contributed by atoms with Crippen molar-refractivity contribution in [3.8, 4) is 11.8 Å². The van der Waals surface area contributed by atoms with Gasteiger partial charge in [0.2, 0.25) is 0 Å². The fourth-order valence-electron chi connectivity index (χ4n) is 6.57. The number of hydrogen-bond acceptors (Lipinski definition) is 6. The van der Waals surface area contributed by atoms with Crippen molar-refractivity contribution in [3.63, 3.8) is 0 Å². The van der Waals surface area contributed by atoms with E-state index in [0.29, 0.717) is 12.1 Å². The van der Waals surface area contributed by atoms with E-state index < -0.39 is 17.9 Å². The number of nitriles is 1. The number of aryl methyl sites for hydroxylation is 1. The number of rotatable bonds is 9. The topological polar surface area (TPSA) is 128 Å². The summed E-state index contributed by atoms with van der Waals surface area (Å²) in [5.74, 6) is -0.602. The normalized spacial score (nSPS) is 23.4. The molecule has 9 heteroatoms. The lowest BCUT2D eigenvalue weighted by molar-refractivity contribution is -0.140. The molecule has 1 saturated carbocycles. The van der Waals surface area contributed by atoms with Crippen molar-refractivity contribution in [2.45, 2.75) is 51.2 Å². The Kier molecular flexibility index (Phi) is 7.83. The van der Waals surface area contributed by atoms with Crippen molar-refractivity contribution in [1.82, 2.24) is 15.2 Å². The molecule has 40 heavy (non-hydrogen) atoms. The molecule has 1 spiro atoms. The number of nitrogens with zero attached hydrogens (tertiary/aromatic N) is 2. The first-order valence-electron chi connectivity index (χ1n) is 13.7. The van der Waals surface area contributed by atoms with Crippen molar-refractivity contribution in [2.24, 2.45) is 11.3 Å². The van der Waals surface area contributed by atoms with Gasteiger partial charge in [-0.3, -0.25) is 9.69 Å². The van der Waals surface area contributed by atoms with E-state index in [-0.39, 0.29) is 24.0 Å². The quantitative estimate of drug-likeness (QED) is 0.360. The standard InChI is InChI=1S/C31H36N4O5/c1-19-12-27(40-3)24(23-8-10-33-28(19)23)17-35-11-9-31(13-20(14-31)16-32)15-26(35)21-4-6-22(7-5-21)29(36)34-25(18-39-2)30(37)38/h4-8,10,12,20,25-26,33H,9,11,13-15,17-18H2,1-3H3,(H,34,36)(H,37,38)/t20?,25-,26-,31?/m0/s1. The highest BCUT2D eigenvalue weighted by Gasteiger charge is 2.49. The first-order chi connectivity index (χ1) is 19.3. The van der Waals surface area contributed by atoms with Crippen LogP contribution in [0.15, 0.2) is 42.6 Å². The summed E-state index contributed by atoms with van der Waals surface area (Å²) in [6.07, 6.45) is 5.81. The largest absolute Gasteiger partial charge is 0.496 e. The van der Waals surface area contributed by atoms with E-state index in [1.165, 1.54) is 7.11 Å². The van der Waals surface area contributed by atoms with E-state index in [2.05, 4.69) is 40.3 Å². The van der Waals surface area contributed by atoms with Crippen LogP contribution in [0.3, 0.4) is 0 Å². The molecule has 0 unspecified atom stereocenters. The second-order valence-corrected chi connectivity index (χ2v) is 11.3. The summed E-state index contributed by atoms with van der Waals surface area (Å²) in [7, 11) is 3.11. The van der Waals surface area contributed by atoms with Crippen LogP contribution in [-0.4, -0.2) is 60.3 Å². The van der Waals surface area contributed by atoms with Gasteiger partial charge >= 0.3 is 5.97 Å². The van der Waals surface area contributed by atoms with E-state index >= 15 is 0 Å². The third-order valence-corrected chi connectivity index (χ3v) is 8.72. The fraction of sp³-hybridized carbons (Fsp3) is 0.452. The number of nitrogens with one attached hydrogen (secondary N) is 2. The Morgan fingerprint density at radius 1 is 1.23 bits per heavy atom. The molecule has 2 aliphatic rings. The maximum absolute atomic E-state index is 12.8. The van der Waals surface area contributed by atoms with Crippen LogP contribution in [0.5, 0.6) is 5.75 Å². The van der Waals surface area contributed by atoms with Gasteiger partial charge in [-0.25, -0.2) is 4.79 Å². The number of methoxy groups -OCH3 is 2. The minimum Gasteiger partial charge on any atom is -0.496 e. The fourth-order valence-corrected chi connectivity index (χ4v) is 6.57. The Labute approximate surface area is 234 Å². The second kappa shape index (κ2) is 11.3. The highest BCUT2D eigenvalue weighted by atomic mass is 16.5. The van der Waals surface area contributed by atoms with Gasteiger partial charge in [-0.05, 0) is 80.0 Å². The molecule has 1 aliphatic heterocycles. The van der Waals surface area contributed by atoms with Gasteiger partial charge in [0.1, 0.15) is 5.75 Å². The van der Waals surface area contributed by atoms with Crippen molar-refractivity contribution in [1.29, 1.82) is 5.26 Å². The van der Waals surface area contributed by atoms with Crippen LogP contribution >= 0.6 is 0 Å².